The zero-order valence-corrected chi connectivity index (χ0v) is 11.5. The fraction of sp³-hybridized carbons (Fsp3) is 0.500. The first-order valence-corrected chi connectivity index (χ1v) is 6.96. The number of carbonyl (C=O) groups is 2. The fourth-order valence-electron chi connectivity index (χ4n) is 1.54. The molecule has 0 aliphatic rings. The van der Waals surface area contributed by atoms with E-state index < -0.39 is 18.9 Å². The van der Waals surface area contributed by atoms with Crippen LogP contribution >= 0.6 is 11.3 Å². The van der Waals surface area contributed by atoms with Crippen LogP contribution in [-0.4, -0.2) is 54.5 Å². The highest BCUT2D eigenvalue weighted by Gasteiger charge is 2.17. The molecule has 20 heavy (non-hydrogen) atoms. The summed E-state index contributed by atoms with van der Waals surface area (Å²) in [6, 6.07) is 1.65. The molecule has 0 bridgehead atoms. The van der Waals surface area contributed by atoms with Gasteiger partial charge in [-0.15, -0.1) is 0 Å². The molecule has 8 heteroatoms. The largest absolute Gasteiger partial charge is 0.395 e. The zero-order chi connectivity index (χ0) is 15.0. The van der Waals surface area contributed by atoms with Crippen LogP contribution in [0.3, 0.4) is 0 Å². The number of rotatable bonds is 8. The summed E-state index contributed by atoms with van der Waals surface area (Å²) in [4.78, 5) is 24.1. The lowest BCUT2D eigenvalue weighted by Crippen LogP contribution is -2.39. The Kier molecular flexibility index (Phi) is 7.10. The molecule has 0 fully saturated rings. The Bertz CT molecular complexity index is 426. The molecule has 2 amide bonds. The third kappa shape index (κ3) is 5.62. The number of halogens is 2. The van der Waals surface area contributed by atoms with E-state index in [1.54, 1.807) is 16.8 Å². The Morgan fingerprint density at radius 3 is 2.75 bits per heavy atom. The lowest BCUT2D eigenvalue weighted by molar-refractivity contribution is -0.133. The molecule has 1 aromatic rings. The molecule has 0 atom stereocenters. The zero-order valence-electron chi connectivity index (χ0n) is 10.7. The summed E-state index contributed by atoms with van der Waals surface area (Å²) in [5.74, 6) is -0.827. The standard InChI is InChI=1S/C12H16F2N2O3S/c13-10(14)7-16(4-5-17)11(18)1-3-15-12(19)9-2-6-20-8-9/h2,6,8,10,17H,1,3-5,7H2,(H,15,19). The van der Waals surface area contributed by atoms with Crippen molar-refractivity contribution in [2.45, 2.75) is 12.8 Å². The maximum Gasteiger partial charge on any atom is 0.255 e. The monoisotopic (exact) mass is 306 g/mol. The summed E-state index contributed by atoms with van der Waals surface area (Å²) in [5.41, 5.74) is 0.502. The predicted octanol–water partition coefficient (Wildman–Crippen LogP) is 0.954. The quantitative estimate of drug-likeness (QED) is 0.751. The molecule has 0 aromatic carbocycles. The maximum absolute atomic E-state index is 12.3. The molecule has 0 aliphatic heterocycles. The number of alkyl halides is 2. The smallest absolute Gasteiger partial charge is 0.255 e. The molecule has 1 heterocycles. The minimum atomic E-state index is -2.65. The molecule has 0 unspecified atom stereocenters. The van der Waals surface area contributed by atoms with E-state index >= 15 is 0 Å². The second-order valence-electron chi connectivity index (χ2n) is 3.97. The summed E-state index contributed by atoms with van der Waals surface area (Å²) in [5, 5.41) is 14.7. The Labute approximate surface area is 119 Å². The molecule has 0 spiro atoms. The molecule has 1 aromatic heterocycles. The van der Waals surface area contributed by atoms with Crippen LogP contribution in [0.4, 0.5) is 8.78 Å². The van der Waals surface area contributed by atoms with E-state index in [0.29, 0.717) is 5.56 Å². The van der Waals surface area contributed by atoms with Crippen molar-refractivity contribution in [3.63, 3.8) is 0 Å². The van der Waals surface area contributed by atoms with Crippen LogP contribution in [0, 0.1) is 0 Å². The summed E-state index contributed by atoms with van der Waals surface area (Å²) in [7, 11) is 0. The summed E-state index contributed by atoms with van der Waals surface area (Å²) < 4.78 is 24.5. The Morgan fingerprint density at radius 2 is 2.20 bits per heavy atom. The lowest BCUT2D eigenvalue weighted by Gasteiger charge is -2.21. The Hall–Kier alpha value is -1.54. The molecule has 5 nitrogen and oxygen atoms in total. The van der Waals surface area contributed by atoms with Crippen LogP contribution in [0.5, 0.6) is 0 Å². The number of carbonyl (C=O) groups excluding carboxylic acids is 2. The molecule has 2 N–H and O–H groups in total. The number of nitrogens with one attached hydrogen (secondary N) is 1. The molecular weight excluding hydrogens is 290 g/mol. The van der Waals surface area contributed by atoms with Gasteiger partial charge in [0.2, 0.25) is 5.91 Å². The highest BCUT2D eigenvalue weighted by molar-refractivity contribution is 7.08. The van der Waals surface area contributed by atoms with Gasteiger partial charge in [0.15, 0.2) is 0 Å². The van der Waals surface area contributed by atoms with Gasteiger partial charge in [0, 0.05) is 30.5 Å². The molecule has 112 valence electrons. The van der Waals surface area contributed by atoms with Crippen molar-refractivity contribution < 1.29 is 23.5 Å². The van der Waals surface area contributed by atoms with Gasteiger partial charge in [-0.1, -0.05) is 0 Å². The van der Waals surface area contributed by atoms with E-state index in [-0.39, 0.29) is 32.0 Å². The summed E-state index contributed by atoms with van der Waals surface area (Å²) in [6.07, 6.45) is -2.73. The van der Waals surface area contributed by atoms with Crippen molar-refractivity contribution in [2.75, 3.05) is 26.2 Å². The molecule has 0 saturated heterocycles. The van der Waals surface area contributed by atoms with E-state index in [9.17, 15) is 18.4 Å². The second kappa shape index (κ2) is 8.60. The topological polar surface area (TPSA) is 69.6 Å². The molecule has 0 saturated carbocycles. The van der Waals surface area contributed by atoms with Crippen LogP contribution < -0.4 is 5.32 Å². The van der Waals surface area contributed by atoms with Gasteiger partial charge in [-0.25, -0.2) is 8.78 Å². The number of aliphatic hydroxyl groups excluding tert-OH is 1. The third-order valence-electron chi connectivity index (χ3n) is 2.49. The van der Waals surface area contributed by atoms with Crippen LogP contribution in [0.2, 0.25) is 0 Å². The van der Waals surface area contributed by atoms with Crippen molar-refractivity contribution in [1.82, 2.24) is 10.2 Å². The molecular formula is C12H16F2N2O3S. The first-order chi connectivity index (χ1) is 9.54. The van der Waals surface area contributed by atoms with E-state index in [4.69, 9.17) is 5.11 Å². The van der Waals surface area contributed by atoms with E-state index in [0.717, 1.165) is 4.90 Å². The summed E-state index contributed by atoms with van der Waals surface area (Å²) >= 11 is 1.38. The Balaban J connectivity index is 2.35. The van der Waals surface area contributed by atoms with Gasteiger partial charge in [-0.2, -0.15) is 11.3 Å². The number of aliphatic hydroxyl groups is 1. The first-order valence-electron chi connectivity index (χ1n) is 6.01. The van der Waals surface area contributed by atoms with Crippen molar-refractivity contribution in [3.8, 4) is 0 Å². The van der Waals surface area contributed by atoms with E-state index in [2.05, 4.69) is 5.32 Å². The first kappa shape index (κ1) is 16.5. The van der Waals surface area contributed by atoms with Crippen molar-refractivity contribution >= 4 is 23.2 Å². The summed E-state index contributed by atoms with van der Waals surface area (Å²) in [6.45, 7) is -1.15. The third-order valence-corrected chi connectivity index (χ3v) is 3.17. The minimum absolute atomic E-state index is 0.0681. The van der Waals surface area contributed by atoms with Crippen LogP contribution in [0.25, 0.3) is 0 Å². The van der Waals surface area contributed by atoms with Crippen molar-refractivity contribution in [1.29, 1.82) is 0 Å². The molecule has 0 radical (unpaired) electrons. The van der Waals surface area contributed by atoms with Gasteiger partial charge in [-0.3, -0.25) is 9.59 Å². The molecule has 0 aliphatic carbocycles. The van der Waals surface area contributed by atoms with E-state index in [1.807, 2.05) is 0 Å². The van der Waals surface area contributed by atoms with Gasteiger partial charge in [0.25, 0.3) is 12.3 Å². The van der Waals surface area contributed by atoms with Crippen LogP contribution in [-0.2, 0) is 4.79 Å². The number of nitrogens with zero attached hydrogens (tertiary/aromatic N) is 1. The van der Waals surface area contributed by atoms with E-state index in [1.165, 1.54) is 11.3 Å². The van der Waals surface area contributed by atoms with Crippen molar-refractivity contribution in [3.05, 3.63) is 22.4 Å². The number of thiophene rings is 1. The van der Waals surface area contributed by atoms with Crippen LogP contribution in [0.15, 0.2) is 16.8 Å². The van der Waals surface area contributed by atoms with Crippen LogP contribution in [0.1, 0.15) is 16.8 Å². The van der Waals surface area contributed by atoms with Gasteiger partial charge >= 0.3 is 0 Å². The average molecular weight is 306 g/mol. The highest BCUT2D eigenvalue weighted by Crippen LogP contribution is 2.05. The SMILES string of the molecule is O=C(NCCC(=O)N(CCO)CC(F)F)c1ccsc1. The normalized spacial score (nSPS) is 10.6. The predicted molar refractivity (Wildman–Crippen MR) is 70.9 cm³/mol. The number of hydrogen-bond acceptors (Lipinski definition) is 4. The maximum atomic E-state index is 12.3. The van der Waals surface area contributed by atoms with Crippen molar-refractivity contribution in [2.24, 2.45) is 0 Å². The Morgan fingerprint density at radius 1 is 1.45 bits per heavy atom. The van der Waals surface area contributed by atoms with Gasteiger partial charge < -0.3 is 15.3 Å². The number of hydrogen-bond donors (Lipinski definition) is 2. The average Bonchev–Trinajstić information content (AvgIpc) is 2.91. The lowest BCUT2D eigenvalue weighted by atomic mass is 10.3. The molecule has 1 rings (SSSR count). The minimum Gasteiger partial charge on any atom is -0.395 e. The fourth-order valence-corrected chi connectivity index (χ4v) is 2.18. The second-order valence-corrected chi connectivity index (χ2v) is 4.75. The number of amides is 2. The van der Waals surface area contributed by atoms with Gasteiger partial charge in [-0.05, 0) is 11.4 Å². The van der Waals surface area contributed by atoms with Gasteiger partial charge in [0.05, 0.1) is 13.2 Å². The highest BCUT2D eigenvalue weighted by atomic mass is 32.1. The van der Waals surface area contributed by atoms with Gasteiger partial charge in [0.1, 0.15) is 0 Å².